The topological polar surface area (TPSA) is 0 Å². The first kappa shape index (κ1) is 12.9. The molecule has 0 aliphatic carbocycles. The summed E-state index contributed by atoms with van der Waals surface area (Å²) in [6.45, 7) is 1.33. The number of halogens is 6. The van der Waals surface area contributed by atoms with Crippen LogP contribution in [0.15, 0.2) is 18.2 Å². The van der Waals surface area contributed by atoms with E-state index in [-0.39, 0.29) is 11.1 Å². The Labute approximate surface area is 87.9 Å². The van der Waals surface area contributed by atoms with Crippen LogP contribution in [0.3, 0.4) is 0 Å². The molecule has 0 N–H and O–H groups in total. The fourth-order valence-corrected chi connectivity index (χ4v) is 1.36. The van der Waals surface area contributed by atoms with Gasteiger partial charge in [0.1, 0.15) is 0 Å². The lowest BCUT2D eigenvalue weighted by Gasteiger charge is -2.12. The summed E-state index contributed by atoms with van der Waals surface area (Å²) in [4.78, 5) is 0. The lowest BCUT2D eigenvalue weighted by molar-refractivity contribution is -0.138. The third kappa shape index (κ3) is 3.75. The van der Waals surface area contributed by atoms with E-state index in [2.05, 4.69) is 0 Å². The average Bonchev–Trinajstić information content (AvgIpc) is 1.97. The minimum atomic E-state index is -4.62. The largest absolute Gasteiger partial charge is 0.416 e. The van der Waals surface area contributed by atoms with Crippen LogP contribution in [0.5, 0.6) is 0 Å². The number of benzene rings is 1. The number of rotatable bonds is 1. The van der Waals surface area contributed by atoms with E-state index in [0.717, 1.165) is 12.1 Å². The van der Waals surface area contributed by atoms with Crippen LogP contribution in [-0.2, 0) is 12.6 Å². The lowest BCUT2D eigenvalue weighted by Crippen LogP contribution is -2.13. The highest BCUT2D eigenvalue weighted by molar-refractivity contribution is 5.31. The van der Waals surface area contributed by atoms with Crippen molar-refractivity contribution in [1.29, 1.82) is 0 Å². The average molecular weight is 242 g/mol. The zero-order valence-electron chi connectivity index (χ0n) is 8.21. The van der Waals surface area contributed by atoms with Crippen LogP contribution >= 0.6 is 0 Å². The van der Waals surface area contributed by atoms with Crippen molar-refractivity contribution in [3.05, 3.63) is 34.9 Å². The number of aryl methyl sites for hydroxylation is 1. The van der Waals surface area contributed by atoms with Gasteiger partial charge in [-0.05, 0) is 24.6 Å². The summed E-state index contributed by atoms with van der Waals surface area (Å²) in [5, 5.41) is 0. The van der Waals surface area contributed by atoms with Crippen LogP contribution in [0, 0.1) is 6.92 Å². The third-order valence-corrected chi connectivity index (χ3v) is 1.87. The highest BCUT2D eigenvalue weighted by atomic mass is 19.4. The maximum atomic E-state index is 12.3. The van der Waals surface area contributed by atoms with Crippen LogP contribution in [0.25, 0.3) is 0 Å². The number of alkyl halides is 6. The van der Waals surface area contributed by atoms with E-state index in [4.69, 9.17) is 0 Å². The van der Waals surface area contributed by atoms with Crippen LogP contribution in [0.2, 0.25) is 0 Å². The molecule has 0 fully saturated rings. The molecule has 6 heteroatoms. The van der Waals surface area contributed by atoms with E-state index in [9.17, 15) is 26.3 Å². The zero-order valence-corrected chi connectivity index (χ0v) is 8.21. The van der Waals surface area contributed by atoms with E-state index in [0.29, 0.717) is 6.07 Å². The molecule has 0 unspecified atom stereocenters. The molecule has 1 rings (SSSR count). The third-order valence-electron chi connectivity index (χ3n) is 1.87. The molecular weight excluding hydrogens is 234 g/mol. The normalized spacial score (nSPS) is 12.9. The van der Waals surface area contributed by atoms with E-state index in [1.807, 2.05) is 0 Å². The van der Waals surface area contributed by atoms with Crippen LogP contribution in [-0.4, -0.2) is 6.18 Å². The first-order chi connectivity index (χ1) is 7.08. The zero-order chi connectivity index (χ0) is 12.6. The smallest absolute Gasteiger partial charge is 0.171 e. The van der Waals surface area contributed by atoms with Crippen molar-refractivity contribution in [2.45, 2.75) is 25.7 Å². The van der Waals surface area contributed by atoms with Crippen LogP contribution in [0.1, 0.15) is 16.7 Å². The SMILES string of the molecule is Cc1cc(CC(F)(F)F)cc(C(F)(F)F)c1. The lowest BCUT2D eigenvalue weighted by atomic mass is 10.0. The van der Waals surface area contributed by atoms with Gasteiger partial charge < -0.3 is 0 Å². The Bertz CT molecular complexity index is 374. The van der Waals surface area contributed by atoms with Crippen molar-refractivity contribution in [2.24, 2.45) is 0 Å². The van der Waals surface area contributed by atoms with Gasteiger partial charge in [-0.15, -0.1) is 0 Å². The van der Waals surface area contributed by atoms with Crippen molar-refractivity contribution in [3.63, 3.8) is 0 Å². The Balaban J connectivity index is 3.09. The highest BCUT2D eigenvalue weighted by Gasteiger charge is 2.33. The van der Waals surface area contributed by atoms with E-state index < -0.39 is 24.3 Å². The van der Waals surface area contributed by atoms with Gasteiger partial charge in [0.2, 0.25) is 0 Å². The first-order valence-electron chi connectivity index (χ1n) is 4.32. The molecule has 90 valence electrons. The van der Waals surface area contributed by atoms with E-state index in [1.165, 1.54) is 6.92 Å². The van der Waals surface area contributed by atoms with E-state index >= 15 is 0 Å². The van der Waals surface area contributed by atoms with Gasteiger partial charge in [-0.2, -0.15) is 26.3 Å². The Kier molecular flexibility index (Phi) is 3.21. The molecule has 0 radical (unpaired) electrons. The molecule has 16 heavy (non-hydrogen) atoms. The second-order valence-electron chi connectivity index (χ2n) is 3.50. The Hall–Kier alpha value is -1.20. The minimum absolute atomic E-state index is 0.161. The van der Waals surface area contributed by atoms with Crippen molar-refractivity contribution < 1.29 is 26.3 Å². The molecule has 0 heterocycles. The maximum Gasteiger partial charge on any atom is 0.416 e. The predicted molar refractivity (Wildman–Crippen MR) is 45.9 cm³/mol. The van der Waals surface area contributed by atoms with Crippen molar-refractivity contribution in [1.82, 2.24) is 0 Å². The monoisotopic (exact) mass is 242 g/mol. The first-order valence-corrected chi connectivity index (χ1v) is 4.32. The van der Waals surface area contributed by atoms with Gasteiger partial charge in [-0.25, -0.2) is 0 Å². The highest BCUT2D eigenvalue weighted by Crippen LogP contribution is 2.32. The summed E-state index contributed by atoms with van der Waals surface area (Å²) in [6.07, 6.45) is -10.5. The molecule has 0 saturated carbocycles. The summed E-state index contributed by atoms with van der Waals surface area (Å²) in [5.41, 5.74) is -1.26. The summed E-state index contributed by atoms with van der Waals surface area (Å²) >= 11 is 0. The van der Waals surface area contributed by atoms with Gasteiger partial charge in [0.05, 0.1) is 12.0 Å². The fraction of sp³-hybridized carbons (Fsp3) is 0.400. The number of hydrogen-bond acceptors (Lipinski definition) is 0. The molecule has 1 aromatic rings. The molecule has 0 aromatic heterocycles. The van der Waals surface area contributed by atoms with Gasteiger partial charge in [0.15, 0.2) is 0 Å². The Morgan fingerprint density at radius 2 is 1.50 bits per heavy atom. The molecule has 0 amide bonds. The minimum Gasteiger partial charge on any atom is -0.171 e. The summed E-state index contributed by atoms with van der Waals surface area (Å²) < 4.78 is 73.0. The van der Waals surface area contributed by atoms with Gasteiger partial charge in [0.25, 0.3) is 0 Å². The summed E-state index contributed by atoms with van der Waals surface area (Å²) in [5.74, 6) is 0. The van der Waals surface area contributed by atoms with Gasteiger partial charge in [-0.3, -0.25) is 0 Å². The van der Waals surface area contributed by atoms with E-state index in [1.54, 1.807) is 0 Å². The molecule has 1 aromatic carbocycles. The molecule has 0 bridgehead atoms. The predicted octanol–water partition coefficient (Wildman–Crippen LogP) is 4.12. The fourth-order valence-electron chi connectivity index (χ4n) is 1.36. The quantitative estimate of drug-likeness (QED) is 0.650. The van der Waals surface area contributed by atoms with Crippen LogP contribution < -0.4 is 0 Å². The van der Waals surface area contributed by atoms with Crippen molar-refractivity contribution in [3.8, 4) is 0 Å². The van der Waals surface area contributed by atoms with Crippen molar-refractivity contribution in [2.75, 3.05) is 0 Å². The van der Waals surface area contributed by atoms with Gasteiger partial charge in [-0.1, -0.05) is 11.6 Å². The summed E-state index contributed by atoms with van der Waals surface area (Å²) in [7, 11) is 0. The molecule has 0 spiro atoms. The molecule has 0 saturated heterocycles. The molecule has 0 aliphatic rings. The molecule has 0 nitrogen and oxygen atoms in total. The maximum absolute atomic E-state index is 12.3. The standard InChI is InChI=1S/C10H8F6/c1-6-2-7(5-9(11,12)13)4-8(3-6)10(14,15)16/h2-4H,5H2,1H3. The van der Waals surface area contributed by atoms with Gasteiger partial charge in [0, 0.05) is 0 Å². The second-order valence-corrected chi connectivity index (χ2v) is 3.50. The Morgan fingerprint density at radius 1 is 0.938 bits per heavy atom. The second kappa shape index (κ2) is 3.99. The van der Waals surface area contributed by atoms with Gasteiger partial charge >= 0.3 is 12.4 Å². The number of hydrogen-bond donors (Lipinski definition) is 0. The molecular formula is C10H8F6. The van der Waals surface area contributed by atoms with Crippen LogP contribution in [0.4, 0.5) is 26.3 Å². The molecule has 0 aliphatic heterocycles. The van der Waals surface area contributed by atoms with Crippen molar-refractivity contribution >= 4 is 0 Å². The Morgan fingerprint density at radius 3 is 1.94 bits per heavy atom. The summed E-state index contributed by atoms with van der Waals surface area (Å²) in [6, 6.07) is 2.45. The molecule has 0 atom stereocenters.